The van der Waals surface area contributed by atoms with Gasteiger partial charge in [-0.2, -0.15) is 0 Å². The van der Waals surface area contributed by atoms with Gasteiger partial charge in [0.1, 0.15) is 5.82 Å². The first-order chi connectivity index (χ1) is 12.3. The first kappa shape index (κ1) is 19.7. The maximum Gasteiger partial charge on any atom is 0.253 e. The molecular weight excluding hydrogens is 379 g/mol. The highest BCUT2D eigenvalue weighted by Gasteiger charge is 2.12. The Hall–Kier alpha value is -2.64. The molecule has 26 heavy (non-hydrogen) atoms. The summed E-state index contributed by atoms with van der Waals surface area (Å²) in [6.07, 6.45) is 1.57. The van der Waals surface area contributed by atoms with Crippen LogP contribution in [0.3, 0.4) is 0 Å². The van der Waals surface area contributed by atoms with E-state index in [0.717, 1.165) is 5.56 Å². The zero-order chi connectivity index (χ0) is 19.1. The largest absolute Gasteiger partial charge is 0.345 e. The molecule has 7 nitrogen and oxygen atoms in total. The summed E-state index contributed by atoms with van der Waals surface area (Å²) in [5.41, 5.74) is 1.15. The van der Waals surface area contributed by atoms with Gasteiger partial charge in [0, 0.05) is 11.2 Å². The molecule has 0 saturated heterocycles. The Morgan fingerprint density at radius 2 is 1.73 bits per heavy atom. The molecule has 3 amide bonds. The number of rotatable bonds is 6. The smallest absolute Gasteiger partial charge is 0.253 e. The van der Waals surface area contributed by atoms with Gasteiger partial charge < -0.3 is 16.0 Å². The third-order valence-electron chi connectivity index (χ3n) is 3.21. The number of hydrogen-bond donors (Lipinski definition) is 3. The number of aromatic nitrogens is 1. The van der Waals surface area contributed by atoms with E-state index in [1.807, 2.05) is 6.92 Å². The van der Waals surface area contributed by atoms with Crippen LogP contribution in [0.1, 0.15) is 15.9 Å². The Bertz CT molecular complexity index is 843. The number of aryl methyl sites for hydroxylation is 1. The van der Waals surface area contributed by atoms with Gasteiger partial charge in [0.15, 0.2) is 0 Å². The van der Waals surface area contributed by atoms with Crippen molar-refractivity contribution in [2.75, 3.05) is 18.4 Å². The first-order valence-electron chi connectivity index (χ1n) is 7.57. The second kappa shape index (κ2) is 9.17. The van der Waals surface area contributed by atoms with Crippen LogP contribution in [0.5, 0.6) is 0 Å². The molecular formula is C17H16Cl2N4O3. The van der Waals surface area contributed by atoms with Crippen LogP contribution in [0.2, 0.25) is 10.0 Å². The molecule has 136 valence electrons. The minimum atomic E-state index is -0.518. The lowest BCUT2D eigenvalue weighted by atomic mass is 10.2. The Morgan fingerprint density at radius 3 is 2.42 bits per heavy atom. The highest BCUT2D eigenvalue weighted by atomic mass is 35.5. The topological polar surface area (TPSA) is 100 Å². The summed E-state index contributed by atoms with van der Waals surface area (Å²) >= 11 is 11.7. The lowest BCUT2D eigenvalue weighted by Crippen LogP contribution is -2.40. The molecule has 0 aliphatic rings. The van der Waals surface area contributed by atoms with Gasteiger partial charge >= 0.3 is 0 Å². The fourth-order valence-electron chi connectivity index (χ4n) is 1.96. The van der Waals surface area contributed by atoms with Crippen molar-refractivity contribution in [2.24, 2.45) is 0 Å². The lowest BCUT2D eigenvalue weighted by Gasteiger charge is -2.09. The van der Waals surface area contributed by atoms with E-state index in [1.54, 1.807) is 18.3 Å². The highest BCUT2D eigenvalue weighted by molar-refractivity contribution is 6.36. The van der Waals surface area contributed by atoms with Crippen molar-refractivity contribution in [1.82, 2.24) is 15.6 Å². The molecule has 0 bridgehead atoms. The van der Waals surface area contributed by atoms with Crippen molar-refractivity contribution in [3.05, 3.63) is 57.7 Å². The Morgan fingerprint density at radius 1 is 1.00 bits per heavy atom. The molecule has 0 fully saturated rings. The fourth-order valence-corrected chi connectivity index (χ4v) is 2.46. The molecule has 1 heterocycles. The number of benzene rings is 1. The van der Waals surface area contributed by atoms with E-state index in [-0.39, 0.29) is 23.7 Å². The van der Waals surface area contributed by atoms with Crippen molar-refractivity contribution in [2.45, 2.75) is 6.92 Å². The summed E-state index contributed by atoms with van der Waals surface area (Å²) in [7, 11) is 0. The summed E-state index contributed by atoms with van der Waals surface area (Å²) in [6.45, 7) is 1.33. The summed E-state index contributed by atoms with van der Waals surface area (Å²) in [5.74, 6) is -1.07. The van der Waals surface area contributed by atoms with Gasteiger partial charge in [-0.15, -0.1) is 0 Å². The molecule has 0 atom stereocenters. The normalized spacial score (nSPS) is 10.1. The third-order valence-corrected chi connectivity index (χ3v) is 3.76. The van der Waals surface area contributed by atoms with E-state index < -0.39 is 17.7 Å². The summed E-state index contributed by atoms with van der Waals surface area (Å²) in [4.78, 5) is 39.5. The van der Waals surface area contributed by atoms with E-state index in [1.165, 1.54) is 18.2 Å². The minimum absolute atomic E-state index is 0.181. The second-order valence-corrected chi connectivity index (χ2v) is 6.19. The van der Waals surface area contributed by atoms with Crippen LogP contribution in [-0.2, 0) is 9.59 Å². The molecule has 0 aliphatic heterocycles. The van der Waals surface area contributed by atoms with Gasteiger partial charge in [-0.05, 0) is 42.8 Å². The van der Waals surface area contributed by atoms with Crippen LogP contribution in [0, 0.1) is 6.92 Å². The molecule has 9 heteroatoms. The summed E-state index contributed by atoms with van der Waals surface area (Å²) < 4.78 is 0. The second-order valence-electron chi connectivity index (χ2n) is 5.35. The van der Waals surface area contributed by atoms with Crippen LogP contribution >= 0.6 is 23.2 Å². The predicted molar refractivity (Wildman–Crippen MR) is 99.4 cm³/mol. The molecule has 2 aromatic rings. The first-order valence-corrected chi connectivity index (χ1v) is 8.33. The standard InChI is InChI=1S/C17H16Cl2N4O3/c1-10-4-5-20-14(6-10)23-16(25)9-21-15(24)8-22-17(26)12-3-2-11(18)7-13(12)19/h2-7H,8-9H2,1H3,(H,21,24)(H,22,26)(H,20,23,25). The van der Waals surface area contributed by atoms with Crippen molar-refractivity contribution < 1.29 is 14.4 Å². The Kier molecular flexibility index (Phi) is 6.94. The zero-order valence-electron chi connectivity index (χ0n) is 13.8. The average molecular weight is 395 g/mol. The Labute approximate surface area is 160 Å². The molecule has 0 aliphatic carbocycles. The van der Waals surface area contributed by atoms with Crippen LogP contribution in [0.4, 0.5) is 5.82 Å². The maximum atomic E-state index is 12.0. The van der Waals surface area contributed by atoms with E-state index in [0.29, 0.717) is 10.8 Å². The molecule has 0 saturated carbocycles. The van der Waals surface area contributed by atoms with Crippen molar-refractivity contribution in [3.63, 3.8) is 0 Å². The van der Waals surface area contributed by atoms with Crippen LogP contribution in [0.25, 0.3) is 0 Å². The number of halogens is 2. The van der Waals surface area contributed by atoms with E-state index in [9.17, 15) is 14.4 Å². The number of hydrogen-bond acceptors (Lipinski definition) is 4. The molecule has 0 radical (unpaired) electrons. The van der Waals surface area contributed by atoms with Crippen molar-refractivity contribution in [3.8, 4) is 0 Å². The van der Waals surface area contributed by atoms with Gasteiger partial charge in [-0.25, -0.2) is 4.98 Å². The zero-order valence-corrected chi connectivity index (χ0v) is 15.3. The van der Waals surface area contributed by atoms with Crippen LogP contribution < -0.4 is 16.0 Å². The van der Waals surface area contributed by atoms with E-state index >= 15 is 0 Å². The van der Waals surface area contributed by atoms with E-state index in [4.69, 9.17) is 23.2 Å². The van der Waals surface area contributed by atoms with Gasteiger partial charge in [-0.3, -0.25) is 14.4 Å². The SMILES string of the molecule is Cc1ccnc(NC(=O)CNC(=O)CNC(=O)c2ccc(Cl)cc2Cl)c1. The number of nitrogens with one attached hydrogen (secondary N) is 3. The minimum Gasteiger partial charge on any atom is -0.345 e. The highest BCUT2D eigenvalue weighted by Crippen LogP contribution is 2.20. The van der Waals surface area contributed by atoms with Crippen molar-refractivity contribution >= 4 is 46.7 Å². The fraction of sp³-hybridized carbons (Fsp3) is 0.176. The van der Waals surface area contributed by atoms with Gasteiger partial charge in [0.2, 0.25) is 11.8 Å². The van der Waals surface area contributed by atoms with E-state index in [2.05, 4.69) is 20.9 Å². The van der Waals surface area contributed by atoms with Gasteiger partial charge in [-0.1, -0.05) is 23.2 Å². The molecule has 1 aromatic carbocycles. The number of anilines is 1. The number of carbonyl (C=O) groups is 3. The predicted octanol–water partition coefficient (Wildman–Crippen LogP) is 2.18. The van der Waals surface area contributed by atoms with Crippen LogP contribution in [-0.4, -0.2) is 35.8 Å². The molecule has 1 aromatic heterocycles. The number of amides is 3. The third kappa shape index (κ3) is 6.02. The lowest BCUT2D eigenvalue weighted by molar-refractivity contribution is -0.123. The molecule has 3 N–H and O–H groups in total. The Balaban J connectivity index is 1.76. The molecule has 0 unspecified atom stereocenters. The quantitative estimate of drug-likeness (QED) is 0.698. The average Bonchev–Trinajstić information content (AvgIpc) is 2.58. The summed E-state index contributed by atoms with van der Waals surface area (Å²) in [5, 5.41) is 7.96. The summed E-state index contributed by atoms with van der Waals surface area (Å²) in [6, 6.07) is 7.91. The van der Waals surface area contributed by atoms with Crippen molar-refractivity contribution in [1.29, 1.82) is 0 Å². The number of nitrogens with zero attached hydrogens (tertiary/aromatic N) is 1. The molecule has 2 rings (SSSR count). The monoisotopic (exact) mass is 394 g/mol. The molecule has 0 spiro atoms. The van der Waals surface area contributed by atoms with Gasteiger partial charge in [0.25, 0.3) is 5.91 Å². The maximum absolute atomic E-state index is 12.0. The van der Waals surface area contributed by atoms with Gasteiger partial charge in [0.05, 0.1) is 23.7 Å². The number of pyridine rings is 1. The number of carbonyl (C=O) groups excluding carboxylic acids is 3. The van der Waals surface area contributed by atoms with Crippen LogP contribution in [0.15, 0.2) is 36.5 Å².